The summed E-state index contributed by atoms with van der Waals surface area (Å²) >= 11 is 0. The van der Waals surface area contributed by atoms with Crippen LogP contribution in [-0.2, 0) is 6.54 Å². The van der Waals surface area contributed by atoms with Crippen LogP contribution in [0, 0.1) is 5.92 Å². The minimum absolute atomic E-state index is 0.264. The lowest BCUT2D eigenvalue weighted by Gasteiger charge is -2.35. The number of urea groups is 1. The maximum Gasteiger partial charge on any atom is 0.315 e. The average molecular weight is 334 g/mol. The fraction of sp³-hybridized carbons (Fsp3) is 0.667. The van der Waals surface area contributed by atoms with E-state index in [0.717, 1.165) is 24.2 Å². The van der Waals surface area contributed by atoms with Crippen molar-refractivity contribution >= 4 is 11.8 Å². The van der Waals surface area contributed by atoms with Gasteiger partial charge in [0.15, 0.2) is 0 Å². The molecule has 1 heterocycles. The van der Waals surface area contributed by atoms with Crippen molar-refractivity contribution in [3.63, 3.8) is 0 Å². The number of rotatable bonds is 6. The molecule has 6 heteroatoms. The van der Waals surface area contributed by atoms with E-state index in [4.69, 9.17) is 0 Å². The Labute approximate surface area is 144 Å². The van der Waals surface area contributed by atoms with E-state index in [2.05, 4.69) is 15.6 Å². The predicted molar refractivity (Wildman–Crippen MR) is 96.0 cm³/mol. The maximum absolute atomic E-state index is 12.1. The fourth-order valence-electron chi connectivity index (χ4n) is 3.34. The number of hydrogen-bond donors (Lipinski definition) is 3. The van der Waals surface area contributed by atoms with Crippen LogP contribution in [0.2, 0.25) is 0 Å². The van der Waals surface area contributed by atoms with Crippen LogP contribution < -0.4 is 15.5 Å². The SMILES string of the molecule is CN(C)c1ncccc1CNC(=O)NCC(C)(O)C1CCCCC1. The Morgan fingerprint density at radius 2 is 2.04 bits per heavy atom. The first kappa shape index (κ1) is 18.5. The van der Waals surface area contributed by atoms with Crippen LogP contribution in [-0.4, -0.2) is 42.4 Å². The summed E-state index contributed by atoms with van der Waals surface area (Å²) in [6, 6.07) is 3.54. The van der Waals surface area contributed by atoms with E-state index in [1.165, 1.54) is 19.3 Å². The summed E-state index contributed by atoms with van der Waals surface area (Å²) in [5, 5.41) is 16.3. The Morgan fingerprint density at radius 1 is 1.33 bits per heavy atom. The van der Waals surface area contributed by atoms with Gasteiger partial charge in [0.05, 0.1) is 5.60 Å². The fourth-order valence-corrected chi connectivity index (χ4v) is 3.34. The smallest absolute Gasteiger partial charge is 0.315 e. The van der Waals surface area contributed by atoms with Gasteiger partial charge in [0, 0.05) is 38.9 Å². The molecule has 0 aromatic carbocycles. The number of pyridine rings is 1. The highest BCUT2D eigenvalue weighted by molar-refractivity contribution is 5.74. The van der Waals surface area contributed by atoms with E-state index in [1.54, 1.807) is 6.20 Å². The molecule has 1 atom stereocenters. The number of aromatic nitrogens is 1. The third-order valence-electron chi connectivity index (χ3n) is 4.82. The van der Waals surface area contributed by atoms with Gasteiger partial charge in [-0.15, -0.1) is 0 Å². The molecule has 0 bridgehead atoms. The molecule has 24 heavy (non-hydrogen) atoms. The van der Waals surface area contributed by atoms with Crippen molar-refractivity contribution in [3.05, 3.63) is 23.9 Å². The third-order valence-corrected chi connectivity index (χ3v) is 4.82. The molecule has 0 radical (unpaired) electrons. The van der Waals surface area contributed by atoms with Gasteiger partial charge in [-0.2, -0.15) is 0 Å². The maximum atomic E-state index is 12.1. The van der Waals surface area contributed by atoms with Crippen molar-refractivity contribution in [1.29, 1.82) is 0 Å². The molecule has 0 aliphatic heterocycles. The number of anilines is 1. The van der Waals surface area contributed by atoms with Crippen LogP contribution >= 0.6 is 0 Å². The van der Waals surface area contributed by atoms with Crippen LogP contribution in [0.15, 0.2) is 18.3 Å². The van der Waals surface area contributed by atoms with Gasteiger partial charge >= 0.3 is 6.03 Å². The molecule has 2 amide bonds. The lowest BCUT2D eigenvalue weighted by atomic mass is 9.78. The van der Waals surface area contributed by atoms with Crippen molar-refractivity contribution in [1.82, 2.24) is 15.6 Å². The second-order valence-electron chi connectivity index (χ2n) is 7.11. The lowest BCUT2D eigenvalue weighted by molar-refractivity contribution is -0.0130. The van der Waals surface area contributed by atoms with E-state index in [9.17, 15) is 9.90 Å². The van der Waals surface area contributed by atoms with E-state index >= 15 is 0 Å². The number of hydrogen-bond acceptors (Lipinski definition) is 4. The summed E-state index contributed by atoms with van der Waals surface area (Å²) in [4.78, 5) is 18.3. The standard InChI is InChI=1S/C18H30N4O2/c1-18(24,15-9-5-4-6-10-15)13-21-17(23)20-12-14-8-7-11-19-16(14)22(2)3/h7-8,11,15,24H,4-6,9-10,12-13H2,1-3H3,(H2,20,21,23). The molecule has 1 unspecified atom stereocenters. The minimum atomic E-state index is -0.846. The summed E-state index contributed by atoms with van der Waals surface area (Å²) < 4.78 is 0. The number of nitrogens with one attached hydrogen (secondary N) is 2. The molecule has 3 N–H and O–H groups in total. The van der Waals surface area contributed by atoms with E-state index < -0.39 is 5.60 Å². The summed E-state index contributed by atoms with van der Waals surface area (Å²) in [6.07, 6.45) is 7.40. The van der Waals surface area contributed by atoms with E-state index in [1.807, 2.05) is 38.1 Å². The quantitative estimate of drug-likeness (QED) is 0.746. The number of carbonyl (C=O) groups excluding carboxylic acids is 1. The van der Waals surface area contributed by atoms with Gasteiger partial charge < -0.3 is 20.6 Å². The van der Waals surface area contributed by atoms with E-state index in [0.29, 0.717) is 6.54 Å². The van der Waals surface area contributed by atoms with Gasteiger partial charge in [-0.3, -0.25) is 0 Å². The molecule has 0 spiro atoms. The summed E-state index contributed by atoms with van der Waals surface area (Å²) in [7, 11) is 3.85. The zero-order chi connectivity index (χ0) is 17.6. The number of amides is 2. The zero-order valence-corrected chi connectivity index (χ0v) is 15.0. The number of nitrogens with zero attached hydrogens (tertiary/aromatic N) is 2. The first-order valence-electron chi connectivity index (χ1n) is 8.75. The summed E-state index contributed by atoms with van der Waals surface area (Å²) in [5.41, 5.74) is 0.109. The normalized spacial score (nSPS) is 17.8. The monoisotopic (exact) mass is 334 g/mol. The molecular weight excluding hydrogens is 304 g/mol. The molecule has 2 rings (SSSR count). The largest absolute Gasteiger partial charge is 0.388 e. The first-order valence-corrected chi connectivity index (χ1v) is 8.75. The number of carbonyl (C=O) groups is 1. The van der Waals surface area contributed by atoms with Crippen LogP contribution in [0.5, 0.6) is 0 Å². The second-order valence-corrected chi connectivity index (χ2v) is 7.11. The summed E-state index contributed by atoms with van der Waals surface area (Å²) in [6.45, 7) is 2.50. The molecule has 1 aromatic rings. The molecule has 1 aliphatic carbocycles. The highest BCUT2D eigenvalue weighted by atomic mass is 16.3. The molecule has 1 aliphatic rings. The lowest BCUT2D eigenvalue weighted by Crippen LogP contribution is -2.49. The Kier molecular flexibility index (Phi) is 6.43. The minimum Gasteiger partial charge on any atom is -0.388 e. The van der Waals surface area contributed by atoms with Crippen LogP contribution in [0.3, 0.4) is 0 Å². The Balaban J connectivity index is 1.81. The van der Waals surface area contributed by atoms with Crippen LogP contribution in [0.1, 0.15) is 44.6 Å². The van der Waals surface area contributed by atoms with Crippen LogP contribution in [0.25, 0.3) is 0 Å². The highest BCUT2D eigenvalue weighted by Crippen LogP contribution is 2.32. The third kappa shape index (κ3) is 5.09. The van der Waals surface area contributed by atoms with Crippen molar-refractivity contribution in [2.45, 2.75) is 51.2 Å². The van der Waals surface area contributed by atoms with Gasteiger partial charge in [-0.05, 0) is 31.7 Å². The topological polar surface area (TPSA) is 77.5 Å². The average Bonchev–Trinajstić information content (AvgIpc) is 2.59. The van der Waals surface area contributed by atoms with Gasteiger partial charge in [-0.1, -0.05) is 25.3 Å². The molecule has 6 nitrogen and oxygen atoms in total. The first-order chi connectivity index (χ1) is 11.4. The van der Waals surface area contributed by atoms with Gasteiger partial charge in [-0.25, -0.2) is 9.78 Å². The van der Waals surface area contributed by atoms with Gasteiger partial charge in [0.25, 0.3) is 0 Å². The van der Waals surface area contributed by atoms with E-state index in [-0.39, 0.29) is 18.5 Å². The molecule has 1 fully saturated rings. The second kappa shape index (κ2) is 8.33. The Bertz CT molecular complexity index is 540. The van der Waals surface area contributed by atoms with Gasteiger partial charge in [0.1, 0.15) is 5.82 Å². The Morgan fingerprint density at radius 3 is 2.71 bits per heavy atom. The predicted octanol–water partition coefficient (Wildman–Crippen LogP) is 2.28. The van der Waals surface area contributed by atoms with Crippen molar-refractivity contribution < 1.29 is 9.90 Å². The Hall–Kier alpha value is -1.82. The van der Waals surface area contributed by atoms with Crippen LogP contribution in [0.4, 0.5) is 10.6 Å². The van der Waals surface area contributed by atoms with Crippen molar-refractivity contribution in [2.24, 2.45) is 5.92 Å². The molecule has 134 valence electrons. The highest BCUT2D eigenvalue weighted by Gasteiger charge is 2.32. The molecule has 0 saturated heterocycles. The van der Waals surface area contributed by atoms with Gasteiger partial charge in [0.2, 0.25) is 0 Å². The molecule has 1 aromatic heterocycles. The molecule has 1 saturated carbocycles. The van der Waals surface area contributed by atoms with Crippen molar-refractivity contribution in [2.75, 3.05) is 25.5 Å². The molecular formula is C18H30N4O2. The number of aliphatic hydroxyl groups is 1. The summed E-state index contributed by atoms with van der Waals surface area (Å²) in [5.74, 6) is 1.11. The van der Waals surface area contributed by atoms with Crippen molar-refractivity contribution in [3.8, 4) is 0 Å². The zero-order valence-electron chi connectivity index (χ0n) is 15.0.